The van der Waals surface area contributed by atoms with E-state index in [-0.39, 0.29) is 0 Å². The molecule has 0 bridgehead atoms. The van der Waals surface area contributed by atoms with Crippen LogP contribution in [0.25, 0.3) is 0 Å². The van der Waals surface area contributed by atoms with E-state index in [4.69, 9.17) is 0 Å². The third kappa shape index (κ3) is 3.67. The molecule has 2 aromatic carbocycles. The first-order valence-electron chi connectivity index (χ1n) is 5.59. The lowest BCUT2D eigenvalue weighted by molar-refractivity contribution is -0.132. The average molecular weight is 246 g/mol. The van der Waals surface area contributed by atoms with Gasteiger partial charge in [-0.3, -0.25) is 0 Å². The number of methoxy groups -OCH3 is 1. The van der Waals surface area contributed by atoms with Crippen molar-refractivity contribution >= 4 is 0 Å². The molecule has 0 atom stereocenters. The molecule has 2 rings (SSSR count). The molecule has 2 N–H and O–H groups in total. The van der Waals surface area contributed by atoms with Gasteiger partial charge in [0.05, 0.1) is 0 Å². The Labute approximate surface area is 107 Å². The van der Waals surface area contributed by atoms with Gasteiger partial charge in [-0.25, -0.2) is 0 Å². The predicted octanol–water partition coefficient (Wildman–Crippen LogP) is 2.13. The van der Waals surface area contributed by atoms with E-state index in [0.29, 0.717) is 11.1 Å². The van der Waals surface area contributed by atoms with E-state index >= 15 is 0 Å². The number of benzene rings is 2. The lowest BCUT2D eigenvalue weighted by Crippen LogP contribution is -2.26. The van der Waals surface area contributed by atoms with Gasteiger partial charge in [0.2, 0.25) is 5.79 Å². The second kappa shape index (κ2) is 6.91. The molecule has 3 nitrogen and oxygen atoms in total. The molecule has 0 saturated heterocycles. The van der Waals surface area contributed by atoms with Crippen molar-refractivity contribution in [3.05, 3.63) is 71.8 Å². The van der Waals surface area contributed by atoms with E-state index in [0.717, 1.165) is 0 Å². The van der Waals surface area contributed by atoms with Crippen molar-refractivity contribution in [2.24, 2.45) is 0 Å². The molecule has 0 aliphatic heterocycles. The van der Waals surface area contributed by atoms with E-state index in [1.54, 1.807) is 62.8 Å². The fourth-order valence-electron chi connectivity index (χ4n) is 1.51. The Bertz CT molecular complexity index is 396. The normalized spacial score (nSPS) is 10.4. The maximum absolute atomic E-state index is 10.0. The fourth-order valence-corrected chi connectivity index (χ4v) is 1.51. The van der Waals surface area contributed by atoms with Crippen LogP contribution in [0.3, 0.4) is 0 Å². The third-order valence-electron chi connectivity index (χ3n) is 2.35. The van der Waals surface area contributed by atoms with Crippen LogP contribution in [0.4, 0.5) is 0 Å². The van der Waals surface area contributed by atoms with Crippen LogP contribution in [-0.4, -0.2) is 24.4 Å². The fraction of sp³-hybridized carbons (Fsp3) is 0.200. The zero-order valence-corrected chi connectivity index (χ0v) is 10.6. The molecule has 0 radical (unpaired) electrons. The molecule has 0 fully saturated rings. The predicted molar refractivity (Wildman–Crippen MR) is 71.0 cm³/mol. The van der Waals surface area contributed by atoms with Crippen molar-refractivity contribution < 1.29 is 14.9 Å². The van der Waals surface area contributed by atoms with Gasteiger partial charge in [0.1, 0.15) is 0 Å². The highest BCUT2D eigenvalue weighted by Gasteiger charge is 2.27. The van der Waals surface area contributed by atoms with Gasteiger partial charge in [-0.05, 0) is 0 Å². The van der Waals surface area contributed by atoms with E-state index < -0.39 is 5.79 Å². The highest BCUT2D eigenvalue weighted by Crippen LogP contribution is 2.25. The Morgan fingerprint density at radius 1 is 0.722 bits per heavy atom. The summed E-state index contributed by atoms with van der Waals surface area (Å²) in [6, 6.07) is 17.5. The second-order valence-electron chi connectivity index (χ2n) is 3.81. The lowest BCUT2D eigenvalue weighted by atomic mass is 9.98. The number of hydrogen-bond donors (Lipinski definition) is 2. The first kappa shape index (κ1) is 14.4. The van der Waals surface area contributed by atoms with Crippen LogP contribution < -0.4 is 0 Å². The molecular weight excluding hydrogens is 228 g/mol. The second-order valence-corrected chi connectivity index (χ2v) is 3.81. The molecule has 0 spiro atoms. The van der Waals surface area contributed by atoms with Gasteiger partial charge in [0, 0.05) is 25.3 Å². The zero-order chi connectivity index (χ0) is 13.4. The standard InChI is InChI=1S/C13H12O2.C2H6O/c14-13(15,11-7-3-1-4-8-11)12-9-5-2-6-10-12;1-3-2/h1-10,14-15H;1-2H3. The molecule has 0 aromatic heterocycles. The SMILES string of the molecule is COC.OC(O)(c1ccccc1)c1ccccc1. The lowest BCUT2D eigenvalue weighted by Gasteiger charge is -2.22. The van der Waals surface area contributed by atoms with Crippen LogP contribution >= 0.6 is 0 Å². The monoisotopic (exact) mass is 246 g/mol. The third-order valence-corrected chi connectivity index (χ3v) is 2.35. The van der Waals surface area contributed by atoms with E-state index in [2.05, 4.69) is 4.74 Å². The minimum Gasteiger partial charge on any atom is -0.388 e. The number of hydrogen-bond acceptors (Lipinski definition) is 3. The Hall–Kier alpha value is -1.68. The number of rotatable bonds is 2. The molecule has 0 amide bonds. The van der Waals surface area contributed by atoms with Gasteiger partial charge < -0.3 is 14.9 Å². The van der Waals surface area contributed by atoms with Crippen LogP contribution in [0.2, 0.25) is 0 Å². The van der Waals surface area contributed by atoms with Gasteiger partial charge in [0.25, 0.3) is 0 Å². The summed E-state index contributed by atoms with van der Waals surface area (Å²) in [5, 5.41) is 20.0. The van der Waals surface area contributed by atoms with E-state index in [1.807, 2.05) is 12.1 Å². The molecule has 18 heavy (non-hydrogen) atoms. The number of aliphatic hydroxyl groups is 2. The van der Waals surface area contributed by atoms with Crippen molar-refractivity contribution in [1.29, 1.82) is 0 Å². The Morgan fingerprint density at radius 3 is 1.28 bits per heavy atom. The molecular formula is C15H18O3. The smallest absolute Gasteiger partial charge is 0.217 e. The van der Waals surface area contributed by atoms with Gasteiger partial charge in [-0.2, -0.15) is 0 Å². The Kier molecular flexibility index (Phi) is 5.52. The quantitative estimate of drug-likeness (QED) is 0.798. The Balaban J connectivity index is 0.000000492. The summed E-state index contributed by atoms with van der Waals surface area (Å²) in [6.07, 6.45) is 0. The van der Waals surface area contributed by atoms with Crippen molar-refractivity contribution in [1.82, 2.24) is 0 Å². The van der Waals surface area contributed by atoms with Gasteiger partial charge >= 0.3 is 0 Å². The van der Waals surface area contributed by atoms with E-state index in [1.165, 1.54) is 0 Å². The summed E-state index contributed by atoms with van der Waals surface area (Å²) in [4.78, 5) is 0. The van der Waals surface area contributed by atoms with Crippen LogP contribution in [0.15, 0.2) is 60.7 Å². The molecule has 0 saturated carbocycles. The molecule has 0 unspecified atom stereocenters. The summed E-state index contributed by atoms with van der Waals surface area (Å²) >= 11 is 0. The minimum atomic E-state index is -1.91. The van der Waals surface area contributed by atoms with Gasteiger partial charge in [-0.1, -0.05) is 60.7 Å². The largest absolute Gasteiger partial charge is 0.388 e. The summed E-state index contributed by atoms with van der Waals surface area (Å²) < 4.78 is 4.25. The molecule has 0 aliphatic carbocycles. The first-order valence-corrected chi connectivity index (χ1v) is 5.59. The first-order chi connectivity index (χ1) is 8.62. The molecule has 2 aromatic rings. The molecule has 3 heteroatoms. The summed E-state index contributed by atoms with van der Waals surface area (Å²) in [6.45, 7) is 0. The average Bonchev–Trinajstić information content (AvgIpc) is 2.42. The summed E-state index contributed by atoms with van der Waals surface area (Å²) in [7, 11) is 3.25. The van der Waals surface area contributed by atoms with Crippen LogP contribution in [-0.2, 0) is 10.5 Å². The minimum absolute atomic E-state index is 0.469. The molecule has 0 aliphatic rings. The number of ether oxygens (including phenoxy) is 1. The van der Waals surface area contributed by atoms with Gasteiger partial charge in [0.15, 0.2) is 0 Å². The van der Waals surface area contributed by atoms with E-state index in [9.17, 15) is 10.2 Å². The zero-order valence-electron chi connectivity index (χ0n) is 10.6. The summed E-state index contributed by atoms with van der Waals surface area (Å²) in [5.74, 6) is -1.91. The molecule has 0 heterocycles. The topological polar surface area (TPSA) is 49.7 Å². The summed E-state index contributed by atoms with van der Waals surface area (Å²) in [5.41, 5.74) is 0.937. The van der Waals surface area contributed by atoms with Gasteiger partial charge in [-0.15, -0.1) is 0 Å². The van der Waals surface area contributed by atoms with Crippen molar-refractivity contribution in [3.63, 3.8) is 0 Å². The maximum Gasteiger partial charge on any atom is 0.217 e. The van der Waals surface area contributed by atoms with Crippen LogP contribution in [0.5, 0.6) is 0 Å². The van der Waals surface area contributed by atoms with Crippen LogP contribution in [0, 0.1) is 0 Å². The Morgan fingerprint density at radius 2 is 1.00 bits per heavy atom. The molecule has 96 valence electrons. The highest BCUT2D eigenvalue weighted by molar-refractivity contribution is 5.32. The van der Waals surface area contributed by atoms with Crippen molar-refractivity contribution in [2.45, 2.75) is 5.79 Å². The van der Waals surface area contributed by atoms with Crippen LogP contribution in [0.1, 0.15) is 11.1 Å². The van der Waals surface area contributed by atoms with Crippen molar-refractivity contribution in [3.8, 4) is 0 Å². The van der Waals surface area contributed by atoms with Crippen molar-refractivity contribution in [2.75, 3.05) is 14.2 Å². The highest BCUT2D eigenvalue weighted by atomic mass is 16.5. The maximum atomic E-state index is 10.0.